The highest BCUT2D eigenvalue weighted by atomic mass is 32.1. The maximum absolute atomic E-state index is 12.7. The highest BCUT2D eigenvalue weighted by molar-refractivity contribution is 7.15. The van der Waals surface area contributed by atoms with E-state index in [2.05, 4.69) is 17.6 Å². The van der Waals surface area contributed by atoms with E-state index >= 15 is 0 Å². The van der Waals surface area contributed by atoms with Crippen LogP contribution in [-0.4, -0.2) is 23.8 Å². The number of nitrogens with one attached hydrogen (secondary N) is 2. The molecule has 1 aliphatic heterocycles. The van der Waals surface area contributed by atoms with Gasteiger partial charge in [-0.25, -0.2) is 0 Å². The highest BCUT2D eigenvalue weighted by Gasteiger charge is 2.29. The molecular formula is C19H20N2O3S. The van der Waals surface area contributed by atoms with Crippen molar-refractivity contribution in [2.45, 2.75) is 38.6 Å². The normalized spacial score (nSPS) is 17.2. The molecule has 0 aliphatic carbocycles. The predicted octanol–water partition coefficient (Wildman–Crippen LogP) is 2.90. The molecule has 6 heteroatoms. The molecule has 5 nitrogen and oxygen atoms in total. The van der Waals surface area contributed by atoms with E-state index in [1.54, 1.807) is 11.3 Å². The molecule has 0 bridgehead atoms. The van der Waals surface area contributed by atoms with Crippen LogP contribution in [0, 0.1) is 0 Å². The quantitative estimate of drug-likeness (QED) is 0.809. The average molecular weight is 356 g/mol. The number of carbonyl (C=O) groups is 3. The largest absolute Gasteiger partial charge is 0.340 e. The van der Waals surface area contributed by atoms with Crippen LogP contribution in [0.5, 0.6) is 0 Å². The summed E-state index contributed by atoms with van der Waals surface area (Å²) in [6.07, 6.45) is 2.34. The summed E-state index contributed by atoms with van der Waals surface area (Å²) < 4.78 is 0. The molecule has 1 aliphatic rings. The molecule has 0 spiro atoms. The van der Waals surface area contributed by atoms with Gasteiger partial charge in [-0.1, -0.05) is 43.7 Å². The number of rotatable bonds is 5. The maximum Gasteiger partial charge on any atom is 0.253 e. The van der Waals surface area contributed by atoms with E-state index in [1.165, 1.54) is 0 Å². The van der Waals surface area contributed by atoms with Crippen LogP contribution in [-0.2, 0) is 16.0 Å². The number of hydrogen-bond donors (Lipinski definition) is 2. The molecule has 1 fully saturated rings. The number of thiophene rings is 1. The van der Waals surface area contributed by atoms with Crippen molar-refractivity contribution in [3.8, 4) is 10.4 Å². The first-order valence-electron chi connectivity index (χ1n) is 8.41. The van der Waals surface area contributed by atoms with Gasteiger partial charge < -0.3 is 5.32 Å². The summed E-state index contributed by atoms with van der Waals surface area (Å²) in [5, 5.41) is 5.04. The smallest absolute Gasteiger partial charge is 0.253 e. The Bertz CT molecular complexity index is 798. The first-order valence-corrected chi connectivity index (χ1v) is 9.22. The van der Waals surface area contributed by atoms with Crippen molar-refractivity contribution in [3.63, 3.8) is 0 Å². The first kappa shape index (κ1) is 17.4. The van der Waals surface area contributed by atoms with Gasteiger partial charge in [0.2, 0.25) is 11.8 Å². The minimum Gasteiger partial charge on any atom is -0.340 e. The SMILES string of the molecule is CCCc1sc(-c2ccccc2)cc1C(=O)NC1CCC(=O)NC1=O. The van der Waals surface area contributed by atoms with E-state index in [-0.39, 0.29) is 18.2 Å². The van der Waals surface area contributed by atoms with Crippen LogP contribution in [0.25, 0.3) is 10.4 Å². The second-order valence-corrected chi connectivity index (χ2v) is 7.18. The third kappa shape index (κ3) is 3.96. The lowest BCUT2D eigenvalue weighted by molar-refractivity contribution is -0.134. The van der Waals surface area contributed by atoms with Gasteiger partial charge in [0.1, 0.15) is 6.04 Å². The molecule has 2 N–H and O–H groups in total. The van der Waals surface area contributed by atoms with E-state index in [4.69, 9.17) is 0 Å². The van der Waals surface area contributed by atoms with Crippen LogP contribution in [0.15, 0.2) is 36.4 Å². The van der Waals surface area contributed by atoms with Gasteiger partial charge in [-0.2, -0.15) is 0 Å². The lowest BCUT2D eigenvalue weighted by Crippen LogP contribution is -2.52. The third-order valence-electron chi connectivity index (χ3n) is 4.13. The third-order valence-corrected chi connectivity index (χ3v) is 5.38. The molecule has 0 saturated carbocycles. The van der Waals surface area contributed by atoms with E-state index in [9.17, 15) is 14.4 Å². The summed E-state index contributed by atoms with van der Waals surface area (Å²) in [7, 11) is 0. The molecule has 25 heavy (non-hydrogen) atoms. The number of benzene rings is 1. The van der Waals surface area contributed by atoms with Gasteiger partial charge in [0, 0.05) is 16.2 Å². The topological polar surface area (TPSA) is 75.3 Å². The molecular weight excluding hydrogens is 336 g/mol. The van der Waals surface area contributed by atoms with Gasteiger partial charge in [-0.05, 0) is 24.5 Å². The molecule has 3 rings (SSSR count). The van der Waals surface area contributed by atoms with E-state index in [0.29, 0.717) is 12.0 Å². The molecule has 1 saturated heterocycles. The Labute approximate surface area is 150 Å². The molecule has 1 unspecified atom stereocenters. The van der Waals surface area contributed by atoms with Gasteiger partial charge in [0.25, 0.3) is 5.91 Å². The number of amides is 3. The molecule has 2 heterocycles. The zero-order valence-electron chi connectivity index (χ0n) is 14.0. The van der Waals surface area contributed by atoms with Crippen molar-refractivity contribution in [2.75, 3.05) is 0 Å². The zero-order chi connectivity index (χ0) is 17.8. The highest BCUT2D eigenvalue weighted by Crippen LogP contribution is 2.32. The standard InChI is InChI=1S/C19H20N2O3S/c1-2-6-15-13(11-16(25-15)12-7-4-3-5-8-12)18(23)20-14-9-10-17(22)21-19(14)24/h3-5,7-8,11,14H,2,6,9-10H2,1H3,(H,20,23)(H,21,22,24). The Morgan fingerprint density at radius 3 is 2.72 bits per heavy atom. The number of piperidine rings is 1. The molecule has 0 radical (unpaired) electrons. The number of hydrogen-bond acceptors (Lipinski definition) is 4. The fourth-order valence-electron chi connectivity index (χ4n) is 2.85. The molecule has 2 aromatic rings. The van der Waals surface area contributed by atoms with Crippen molar-refractivity contribution < 1.29 is 14.4 Å². The maximum atomic E-state index is 12.7. The van der Waals surface area contributed by atoms with Gasteiger partial charge in [-0.15, -0.1) is 11.3 Å². The van der Waals surface area contributed by atoms with E-state index in [0.717, 1.165) is 28.2 Å². The van der Waals surface area contributed by atoms with Crippen molar-refractivity contribution >= 4 is 29.1 Å². The van der Waals surface area contributed by atoms with E-state index in [1.807, 2.05) is 36.4 Å². The molecule has 130 valence electrons. The van der Waals surface area contributed by atoms with Gasteiger partial charge >= 0.3 is 0 Å². The molecule has 3 amide bonds. The monoisotopic (exact) mass is 356 g/mol. The lowest BCUT2D eigenvalue weighted by atomic mass is 10.0. The number of aryl methyl sites for hydroxylation is 1. The molecule has 1 aromatic heterocycles. The van der Waals surface area contributed by atoms with Crippen LogP contribution < -0.4 is 10.6 Å². The Morgan fingerprint density at radius 2 is 2.04 bits per heavy atom. The van der Waals surface area contributed by atoms with Gasteiger partial charge in [0.05, 0.1) is 5.56 Å². The van der Waals surface area contributed by atoms with Crippen LogP contribution >= 0.6 is 11.3 Å². The molecule has 1 aromatic carbocycles. The van der Waals surface area contributed by atoms with Crippen LogP contribution in [0.2, 0.25) is 0 Å². The minimum absolute atomic E-state index is 0.247. The average Bonchev–Trinajstić information content (AvgIpc) is 3.03. The van der Waals surface area contributed by atoms with Crippen LogP contribution in [0.4, 0.5) is 0 Å². The Morgan fingerprint density at radius 1 is 1.28 bits per heavy atom. The second kappa shape index (κ2) is 7.61. The summed E-state index contributed by atoms with van der Waals surface area (Å²) in [6.45, 7) is 2.07. The summed E-state index contributed by atoms with van der Waals surface area (Å²) in [4.78, 5) is 37.9. The van der Waals surface area contributed by atoms with Crippen LogP contribution in [0.3, 0.4) is 0 Å². The summed E-state index contributed by atoms with van der Waals surface area (Å²) in [6, 6.07) is 11.2. The lowest BCUT2D eigenvalue weighted by Gasteiger charge is -2.21. The van der Waals surface area contributed by atoms with Gasteiger partial charge in [0.15, 0.2) is 0 Å². The Balaban J connectivity index is 1.82. The zero-order valence-corrected chi connectivity index (χ0v) is 14.8. The van der Waals surface area contributed by atoms with Crippen molar-refractivity contribution in [1.82, 2.24) is 10.6 Å². The van der Waals surface area contributed by atoms with Gasteiger partial charge in [-0.3, -0.25) is 19.7 Å². The van der Waals surface area contributed by atoms with Crippen molar-refractivity contribution in [1.29, 1.82) is 0 Å². The van der Waals surface area contributed by atoms with Crippen molar-refractivity contribution in [3.05, 3.63) is 46.8 Å². The Kier molecular flexibility index (Phi) is 5.28. The minimum atomic E-state index is -0.653. The summed E-state index contributed by atoms with van der Waals surface area (Å²) >= 11 is 1.61. The summed E-state index contributed by atoms with van der Waals surface area (Å²) in [5.74, 6) is -0.972. The first-order chi connectivity index (χ1) is 12.1. The van der Waals surface area contributed by atoms with E-state index < -0.39 is 11.9 Å². The fraction of sp³-hybridized carbons (Fsp3) is 0.316. The molecule has 1 atom stereocenters. The number of imide groups is 1. The van der Waals surface area contributed by atoms with Crippen LogP contribution in [0.1, 0.15) is 41.4 Å². The fourth-order valence-corrected chi connectivity index (χ4v) is 4.11. The van der Waals surface area contributed by atoms with Crippen molar-refractivity contribution in [2.24, 2.45) is 0 Å². The predicted molar refractivity (Wildman–Crippen MR) is 97.4 cm³/mol. The number of carbonyl (C=O) groups excluding carboxylic acids is 3. The summed E-state index contributed by atoms with van der Waals surface area (Å²) in [5.41, 5.74) is 1.69. The second-order valence-electron chi connectivity index (χ2n) is 6.04. The Hall–Kier alpha value is -2.47.